The van der Waals surface area contributed by atoms with Gasteiger partial charge in [-0.15, -0.1) is 5.10 Å². The molecule has 1 aliphatic carbocycles. The van der Waals surface area contributed by atoms with Crippen LogP contribution in [0, 0.1) is 0 Å². The smallest absolute Gasteiger partial charge is 0.289 e. The van der Waals surface area contributed by atoms with Crippen LogP contribution in [0.25, 0.3) is 11.1 Å². The summed E-state index contributed by atoms with van der Waals surface area (Å²) in [5, 5.41) is 7.20. The lowest BCUT2D eigenvalue weighted by atomic mass is 10.0. The van der Waals surface area contributed by atoms with E-state index in [-0.39, 0.29) is 11.3 Å². The van der Waals surface area contributed by atoms with Crippen molar-refractivity contribution >= 4 is 17.6 Å². The number of hydrogen-bond donors (Lipinski definition) is 2. The number of anilines is 1. The molecule has 1 aliphatic rings. The number of hydrogen-bond acceptors (Lipinski definition) is 4. The SMILES string of the molecule is O=C(Nc1n[nH]c(C(F)(F)F)n1)c1ccc2c(c1)C(=O)c1ccccc1-2. The van der Waals surface area contributed by atoms with Gasteiger partial charge >= 0.3 is 6.18 Å². The molecule has 1 amide bonds. The van der Waals surface area contributed by atoms with Crippen molar-refractivity contribution in [3.63, 3.8) is 0 Å². The number of carbonyl (C=O) groups is 2. The lowest BCUT2D eigenvalue weighted by molar-refractivity contribution is -0.144. The molecule has 3 aromatic rings. The molecular formula is C17H9F3N4O2. The third kappa shape index (κ3) is 2.53. The lowest BCUT2D eigenvalue weighted by Crippen LogP contribution is -2.14. The fraction of sp³-hybridized carbons (Fsp3) is 0.0588. The molecule has 6 nitrogen and oxygen atoms in total. The van der Waals surface area contributed by atoms with Gasteiger partial charge in [0.05, 0.1) is 0 Å². The summed E-state index contributed by atoms with van der Waals surface area (Å²) in [7, 11) is 0. The first-order chi connectivity index (χ1) is 12.3. The highest BCUT2D eigenvalue weighted by Crippen LogP contribution is 2.36. The highest BCUT2D eigenvalue weighted by atomic mass is 19.4. The Labute approximate surface area is 144 Å². The first kappa shape index (κ1) is 16.0. The minimum absolute atomic E-state index is 0.114. The Hall–Kier alpha value is -3.49. The van der Waals surface area contributed by atoms with Crippen LogP contribution in [-0.4, -0.2) is 26.9 Å². The Balaban J connectivity index is 1.61. The summed E-state index contributed by atoms with van der Waals surface area (Å²) in [4.78, 5) is 27.9. The van der Waals surface area contributed by atoms with Crippen LogP contribution in [0.4, 0.5) is 19.1 Å². The number of aromatic nitrogens is 3. The van der Waals surface area contributed by atoms with Gasteiger partial charge in [0.15, 0.2) is 5.78 Å². The maximum absolute atomic E-state index is 12.5. The largest absolute Gasteiger partial charge is 0.451 e. The summed E-state index contributed by atoms with van der Waals surface area (Å²) in [5.74, 6) is -2.74. The number of halogens is 3. The first-order valence-electron chi connectivity index (χ1n) is 7.44. The molecule has 26 heavy (non-hydrogen) atoms. The molecule has 0 saturated carbocycles. The van der Waals surface area contributed by atoms with Gasteiger partial charge in [-0.25, -0.2) is 0 Å². The van der Waals surface area contributed by atoms with Crippen LogP contribution >= 0.6 is 0 Å². The van der Waals surface area contributed by atoms with E-state index >= 15 is 0 Å². The summed E-state index contributed by atoms with van der Waals surface area (Å²) >= 11 is 0. The molecule has 0 saturated heterocycles. The second-order valence-corrected chi connectivity index (χ2v) is 5.59. The number of nitrogens with zero attached hydrogens (tertiary/aromatic N) is 2. The Kier molecular flexibility index (Phi) is 3.39. The number of ketones is 1. The zero-order chi connectivity index (χ0) is 18.5. The standard InChI is InChI=1S/C17H9F3N4O2/c18-17(19,20)15-22-16(24-23-15)21-14(26)8-5-6-10-9-3-1-2-4-11(9)13(25)12(10)7-8/h1-7H,(H2,21,22,23,24,26). The van der Waals surface area contributed by atoms with Crippen LogP contribution in [-0.2, 0) is 6.18 Å². The van der Waals surface area contributed by atoms with Crippen LogP contribution in [0.2, 0.25) is 0 Å². The van der Waals surface area contributed by atoms with Gasteiger partial charge in [-0.05, 0) is 23.3 Å². The normalized spacial score (nSPS) is 12.7. The molecule has 0 aliphatic heterocycles. The average molecular weight is 358 g/mol. The van der Waals surface area contributed by atoms with Crippen molar-refractivity contribution in [2.75, 3.05) is 5.32 Å². The summed E-state index contributed by atoms with van der Waals surface area (Å²) in [5.41, 5.74) is 2.51. The third-order valence-electron chi connectivity index (χ3n) is 3.97. The van der Waals surface area contributed by atoms with Gasteiger partial charge in [0, 0.05) is 16.7 Å². The van der Waals surface area contributed by atoms with Crippen molar-refractivity contribution in [3.8, 4) is 11.1 Å². The van der Waals surface area contributed by atoms with E-state index in [1.807, 2.05) is 12.1 Å². The monoisotopic (exact) mass is 358 g/mol. The second-order valence-electron chi connectivity index (χ2n) is 5.59. The van der Waals surface area contributed by atoms with Crippen molar-refractivity contribution in [1.29, 1.82) is 0 Å². The van der Waals surface area contributed by atoms with Crippen LogP contribution in [0.15, 0.2) is 42.5 Å². The second kappa shape index (κ2) is 5.51. The summed E-state index contributed by atoms with van der Waals surface area (Å²) in [6.45, 7) is 0. The van der Waals surface area contributed by atoms with Gasteiger partial charge in [-0.3, -0.25) is 20.0 Å². The number of nitrogens with one attached hydrogen (secondary N) is 2. The Morgan fingerprint density at radius 1 is 1.00 bits per heavy atom. The van der Waals surface area contributed by atoms with Crippen LogP contribution in [0.5, 0.6) is 0 Å². The lowest BCUT2D eigenvalue weighted by Gasteiger charge is -2.04. The molecule has 4 rings (SSSR count). The molecule has 0 atom stereocenters. The third-order valence-corrected chi connectivity index (χ3v) is 3.97. The fourth-order valence-corrected chi connectivity index (χ4v) is 2.79. The van der Waals surface area contributed by atoms with E-state index in [9.17, 15) is 22.8 Å². The van der Waals surface area contributed by atoms with Crippen molar-refractivity contribution < 1.29 is 22.8 Å². The number of benzene rings is 2. The van der Waals surface area contributed by atoms with Crippen molar-refractivity contribution in [3.05, 3.63) is 65.0 Å². The molecule has 2 aromatic carbocycles. The molecule has 1 heterocycles. The Morgan fingerprint density at radius 3 is 2.38 bits per heavy atom. The van der Waals surface area contributed by atoms with Crippen LogP contribution in [0.3, 0.4) is 0 Å². The number of aromatic amines is 1. The van der Waals surface area contributed by atoms with E-state index in [2.05, 4.69) is 15.4 Å². The molecule has 0 bridgehead atoms. The average Bonchev–Trinajstić information content (AvgIpc) is 3.19. The molecule has 9 heteroatoms. The summed E-state index contributed by atoms with van der Waals surface area (Å²) in [6, 6.07) is 11.6. The molecule has 2 N–H and O–H groups in total. The van der Waals surface area contributed by atoms with E-state index in [4.69, 9.17) is 0 Å². The van der Waals surface area contributed by atoms with Gasteiger partial charge in [-0.1, -0.05) is 30.3 Å². The number of carbonyl (C=O) groups excluding carboxylic acids is 2. The van der Waals surface area contributed by atoms with Crippen LogP contribution in [0.1, 0.15) is 32.1 Å². The first-order valence-corrected chi connectivity index (χ1v) is 7.44. The molecule has 0 radical (unpaired) electrons. The molecule has 0 unspecified atom stereocenters. The molecule has 1 aromatic heterocycles. The highest BCUT2D eigenvalue weighted by molar-refractivity contribution is 6.22. The van der Waals surface area contributed by atoms with E-state index in [0.29, 0.717) is 16.7 Å². The number of rotatable bonds is 2. The quantitative estimate of drug-likeness (QED) is 0.576. The minimum Gasteiger partial charge on any atom is -0.289 e. The van der Waals surface area contributed by atoms with E-state index in [1.165, 1.54) is 12.1 Å². The van der Waals surface area contributed by atoms with E-state index < -0.39 is 23.9 Å². The van der Waals surface area contributed by atoms with Gasteiger partial charge < -0.3 is 0 Å². The number of H-pyrrole nitrogens is 1. The zero-order valence-corrected chi connectivity index (χ0v) is 12.9. The number of fused-ring (bicyclic) bond motifs is 3. The molecule has 0 spiro atoms. The van der Waals surface area contributed by atoms with Crippen molar-refractivity contribution in [2.24, 2.45) is 0 Å². The fourth-order valence-electron chi connectivity index (χ4n) is 2.79. The van der Waals surface area contributed by atoms with Gasteiger partial charge in [-0.2, -0.15) is 18.2 Å². The minimum atomic E-state index is -4.69. The molecular weight excluding hydrogens is 349 g/mol. The maximum Gasteiger partial charge on any atom is 0.451 e. The summed E-state index contributed by atoms with van der Waals surface area (Å²) in [6.07, 6.45) is -4.69. The number of amides is 1. The summed E-state index contributed by atoms with van der Waals surface area (Å²) < 4.78 is 37.5. The maximum atomic E-state index is 12.5. The van der Waals surface area contributed by atoms with E-state index in [0.717, 1.165) is 5.56 Å². The Bertz CT molecular complexity index is 1060. The number of alkyl halides is 3. The topological polar surface area (TPSA) is 87.7 Å². The van der Waals surface area contributed by atoms with Crippen molar-refractivity contribution in [1.82, 2.24) is 15.2 Å². The van der Waals surface area contributed by atoms with Gasteiger partial charge in [0.25, 0.3) is 5.91 Å². The Morgan fingerprint density at radius 2 is 1.69 bits per heavy atom. The van der Waals surface area contributed by atoms with E-state index in [1.54, 1.807) is 23.3 Å². The predicted octanol–water partition coefficient (Wildman–Crippen LogP) is 3.29. The van der Waals surface area contributed by atoms with Crippen LogP contribution < -0.4 is 5.32 Å². The van der Waals surface area contributed by atoms with Gasteiger partial charge in [0.1, 0.15) is 0 Å². The van der Waals surface area contributed by atoms with Gasteiger partial charge in [0.2, 0.25) is 11.8 Å². The van der Waals surface area contributed by atoms with Crippen molar-refractivity contribution in [2.45, 2.75) is 6.18 Å². The molecule has 0 fully saturated rings. The zero-order valence-electron chi connectivity index (χ0n) is 12.9. The predicted molar refractivity (Wildman–Crippen MR) is 84.6 cm³/mol. The highest BCUT2D eigenvalue weighted by Gasteiger charge is 2.35. The molecule has 130 valence electrons.